The van der Waals surface area contributed by atoms with Crippen LogP contribution in [0.4, 0.5) is 0 Å². The fourth-order valence-electron chi connectivity index (χ4n) is 0.862. The van der Waals surface area contributed by atoms with E-state index >= 15 is 0 Å². The van der Waals surface area contributed by atoms with Gasteiger partial charge in [0.1, 0.15) is 0 Å². The summed E-state index contributed by atoms with van der Waals surface area (Å²) >= 11 is 0. The molecule has 1 unspecified atom stereocenters. The van der Waals surface area contributed by atoms with Gasteiger partial charge in [0.2, 0.25) is 0 Å². The number of nitrogens with two attached hydrogens (primary N) is 1. The Bertz CT molecular complexity index is 108. The maximum absolute atomic E-state index is 5.33. The molecule has 0 bridgehead atoms. The second-order valence-electron chi connectivity index (χ2n) is 3.18. The Balaban J connectivity index is 3.71. The first-order valence-electron chi connectivity index (χ1n) is 3.68. The van der Waals surface area contributed by atoms with Gasteiger partial charge in [0.05, 0.1) is 0 Å². The molecule has 0 aliphatic rings. The van der Waals surface area contributed by atoms with Gasteiger partial charge in [0, 0.05) is 6.04 Å². The van der Waals surface area contributed by atoms with E-state index < -0.39 is 0 Å². The monoisotopic (exact) mass is 142 g/mol. The molecule has 2 heteroatoms. The Labute approximate surface area is 63.5 Å². The van der Waals surface area contributed by atoms with Crippen molar-refractivity contribution in [3.63, 3.8) is 0 Å². The van der Waals surface area contributed by atoms with Crippen LogP contribution in [-0.2, 0) is 0 Å². The van der Waals surface area contributed by atoms with E-state index in [0.717, 1.165) is 6.42 Å². The van der Waals surface area contributed by atoms with Crippen LogP contribution >= 0.6 is 0 Å². The maximum atomic E-state index is 5.33. The van der Waals surface area contributed by atoms with Crippen molar-refractivity contribution in [2.24, 2.45) is 11.8 Å². The van der Waals surface area contributed by atoms with Gasteiger partial charge in [-0.05, 0) is 19.3 Å². The lowest BCUT2D eigenvalue weighted by atomic mass is 9.99. The van der Waals surface area contributed by atoms with Crippen molar-refractivity contribution in [2.45, 2.75) is 33.2 Å². The molecule has 0 heterocycles. The van der Waals surface area contributed by atoms with E-state index in [0.29, 0.717) is 12.0 Å². The Morgan fingerprint density at radius 1 is 1.60 bits per heavy atom. The lowest BCUT2D eigenvalue weighted by molar-refractivity contribution is 0.404. The second-order valence-corrected chi connectivity index (χ2v) is 3.18. The summed E-state index contributed by atoms with van der Waals surface area (Å²) in [6.07, 6.45) is 0.966. The van der Waals surface area contributed by atoms with Crippen molar-refractivity contribution in [3.8, 4) is 0 Å². The fourth-order valence-corrected chi connectivity index (χ4v) is 0.862. The summed E-state index contributed by atoms with van der Waals surface area (Å²) < 4.78 is 0. The highest BCUT2D eigenvalue weighted by atomic mass is 15.2. The third-order valence-electron chi connectivity index (χ3n) is 1.59. The SMILES string of the molecule is C=C(C)CC(NN)C(C)C. The highest BCUT2D eigenvalue weighted by molar-refractivity contribution is 4.93. The number of rotatable bonds is 4. The molecule has 0 aromatic carbocycles. The van der Waals surface area contributed by atoms with Crippen LogP contribution in [0.1, 0.15) is 27.2 Å². The van der Waals surface area contributed by atoms with Crippen LogP contribution in [0, 0.1) is 5.92 Å². The van der Waals surface area contributed by atoms with Crippen molar-refractivity contribution >= 4 is 0 Å². The first-order valence-corrected chi connectivity index (χ1v) is 3.68. The molecule has 10 heavy (non-hydrogen) atoms. The molecule has 1 atom stereocenters. The summed E-state index contributed by atoms with van der Waals surface area (Å²) in [6.45, 7) is 10.1. The Kier molecular flexibility index (Phi) is 4.32. The predicted molar refractivity (Wildman–Crippen MR) is 45.4 cm³/mol. The summed E-state index contributed by atoms with van der Waals surface area (Å²) in [5.41, 5.74) is 3.95. The zero-order valence-corrected chi connectivity index (χ0v) is 7.15. The molecular formula is C8H18N2. The average molecular weight is 142 g/mol. The highest BCUT2D eigenvalue weighted by Crippen LogP contribution is 2.09. The zero-order chi connectivity index (χ0) is 8.15. The van der Waals surface area contributed by atoms with E-state index in [1.165, 1.54) is 5.57 Å². The molecule has 0 aromatic heterocycles. The highest BCUT2D eigenvalue weighted by Gasteiger charge is 2.09. The smallest absolute Gasteiger partial charge is 0.0270 e. The van der Waals surface area contributed by atoms with Crippen LogP contribution in [0.2, 0.25) is 0 Å². The second kappa shape index (κ2) is 4.47. The van der Waals surface area contributed by atoms with Crippen LogP contribution in [0.3, 0.4) is 0 Å². The van der Waals surface area contributed by atoms with Gasteiger partial charge < -0.3 is 0 Å². The Hall–Kier alpha value is -0.340. The largest absolute Gasteiger partial charge is 0.271 e. The molecule has 0 fully saturated rings. The van der Waals surface area contributed by atoms with Gasteiger partial charge in [-0.25, -0.2) is 0 Å². The summed E-state index contributed by atoms with van der Waals surface area (Å²) in [5.74, 6) is 5.90. The minimum Gasteiger partial charge on any atom is -0.271 e. The van der Waals surface area contributed by atoms with Crippen molar-refractivity contribution in [2.75, 3.05) is 0 Å². The zero-order valence-electron chi connectivity index (χ0n) is 7.15. The molecule has 0 aliphatic heterocycles. The summed E-state index contributed by atoms with van der Waals surface area (Å²) in [4.78, 5) is 0. The molecule has 0 aromatic rings. The van der Waals surface area contributed by atoms with Crippen LogP contribution in [0.15, 0.2) is 12.2 Å². The van der Waals surface area contributed by atoms with Gasteiger partial charge in [-0.2, -0.15) is 0 Å². The molecule has 60 valence electrons. The van der Waals surface area contributed by atoms with E-state index in [-0.39, 0.29) is 0 Å². The minimum absolute atomic E-state index is 0.373. The molecule has 2 nitrogen and oxygen atoms in total. The lowest BCUT2D eigenvalue weighted by Crippen LogP contribution is -2.39. The molecule has 0 radical (unpaired) electrons. The first kappa shape index (κ1) is 9.66. The van der Waals surface area contributed by atoms with E-state index in [1.54, 1.807) is 0 Å². The molecule has 0 amide bonds. The number of nitrogens with one attached hydrogen (secondary N) is 1. The van der Waals surface area contributed by atoms with Gasteiger partial charge in [-0.15, -0.1) is 6.58 Å². The van der Waals surface area contributed by atoms with E-state index in [1.807, 2.05) is 6.92 Å². The third kappa shape index (κ3) is 3.64. The van der Waals surface area contributed by atoms with Gasteiger partial charge in [0.25, 0.3) is 0 Å². The maximum Gasteiger partial charge on any atom is 0.0270 e. The quantitative estimate of drug-likeness (QED) is 0.354. The van der Waals surface area contributed by atoms with Crippen LogP contribution in [0.5, 0.6) is 0 Å². The topological polar surface area (TPSA) is 38.0 Å². The van der Waals surface area contributed by atoms with Gasteiger partial charge in [0.15, 0.2) is 0 Å². The van der Waals surface area contributed by atoms with E-state index in [2.05, 4.69) is 25.9 Å². The molecule has 0 aliphatic carbocycles. The van der Waals surface area contributed by atoms with Gasteiger partial charge >= 0.3 is 0 Å². The molecule has 3 N–H and O–H groups in total. The predicted octanol–water partition coefficient (Wildman–Crippen LogP) is 1.44. The lowest BCUT2D eigenvalue weighted by Gasteiger charge is -2.19. The fraction of sp³-hybridized carbons (Fsp3) is 0.750. The summed E-state index contributed by atoms with van der Waals surface area (Å²) in [6, 6.07) is 0.373. The molecule has 0 saturated carbocycles. The van der Waals surface area contributed by atoms with Crippen molar-refractivity contribution in [1.82, 2.24) is 5.43 Å². The normalized spacial score (nSPS) is 13.7. The molecule has 0 spiro atoms. The van der Waals surface area contributed by atoms with Crippen LogP contribution < -0.4 is 11.3 Å². The molecule has 0 rings (SSSR count). The van der Waals surface area contributed by atoms with E-state index in [4.69, 9.17) is 5.84 Å². The Morgan fingerprint density at radius 2 is 2.10 bits per heavy atom. The van der Waals surface area contributed by atoms with Gasteiger partial charge in [-0.3, -0.25) is 11.3 Å². The summed E-state index contributed by atoms with van der Waals surface area (Å²) in [7, 11) is 0. The van der Waals surface area contributed by atoms with Crippen LogP contribution in [0.25, 0.3) is 0 Å². The van der Waals surface area contributed by atoms with Crippen molar-refractivity contribution < 1.29 is 0 Å². The molecule has 0 saturated heterocycles. The standard InChI is InChI=1S/C8H18N2/c1-6(2)5-8(10-9)7(3)4/h7-8,10H,1,5,9H2,2-4H3. The Morgan fingerprint density at radius 3 is 2.20 bits per heavy atom. The number of hydrogen-bond donors (Lipinski definition) is 2. The third-order valence-corrected chi connectivity index (χ3v) is 1.59. The first-order chi connectivity index (χ1) is 4.57. The van der Waals surface area contributed by atoms with Crippen LogP contribution in [-0.4, -0.2) is 6.04 Å². The average Bonchev–Trinajstić information content (AvgIpc) is 1.81. The summed E-state index contributed by atoms with van der Waals surface area (Å²) in [5, 5.41) is 0. The molecular weight excluding hydrogens is 124 g/mol. The van der Waals surface area contributed by atoms with Crippen molar-refractivity contribution in [1.29, 1.82) is 0 Å². The number of hydrazine groups is 1. The number of hydrogen-bond acceptors (Lipinski definition) is 2. The minimum atomic E-state index is 0.373. The van der Waals surface area contributed by atoms with E-state index in [9.17, 15) is 0 Å². The van der Waals surface area contributed by atoms with Crippen molar-refractivity contribution in [3.05, 3.63) is 12.2 Å². The van der Waals surface area contributed by atoms with Gasteiger partial charge in [-0.1, -0.05) is 19.4 Å².